The minimum absolute atomic E-state index is 0.134. The number of rotatable bonds is 5. The molecule has 0 bridgehead atoms. The normalized spacial score (nSPS) is 17.3. The second kappa shape index (κ2) is 8.77. The van der Waals surface area contributed by atoms with E-state index in [2.05, 4.69) is 22.5 Å². The maximum atomic E-state index is 13.0. The third kappa shape index (κ3) is 5.14. The Bertz CT molecular complexity index is 807. The number of amides is 2. The fourth-order valence-corrected chi connectivity index (χ4v) is 3.29. The summed E-state index contributed by atoms with van der Waals surface area (Å²) in [7, 11) is 0. The van der Waals surface area contributed by atoms with Crippen molar-refractivity contribution < 1.29 is 14.0 Å². The number of nitrogens with zero attached hydrogens (tertiary/aromatic N) is 1. The third-order valence-electron chi connectivity index (χ3n) is 4.84. The van der Waals surface area contributed by atoms with Gasteiger partial charge in [-0.2, -0.15) is 0 Å². The van der Waals surface area contributed by atoms with Crippen molar-refractivity contribution in [1.29, 1.82) is 0 Å². The molecule has 142 valence electrons. The van der Waals surface area contributed by atoms with Crippen molar-refractivity contribution in [1.82, 2.24) is 4.90 Å². The molecule has 0 aromatic heterocycles. The minimum atomic E-state index is -0.368. The van der Waals surface area contributed by atoms with Crippen molar-refractivity contribution in [3.05, 3.63) is 59.9 Å². The second-order valence-corrected chi connectivity index (χ2v) is 6.87. The van der Waals surface area contributed by atoms with Gasteiger partial charge in [-0.1, -0.05) is 18.6 Å². The Labute approximate surface area is 158 Å². The highest BCUT2D eigenvalue weighted by molar-refractivity contribution is 6.10. The van der Waals surface area contributed by atoms with Crippen LogP contribution in [0.2, 0.25) is 0 Å². The van der Waals surface area contributed by atoms with Gasteiger partial charge in [0.15, 0.2) is 0 Å². The molecule has 3 rings (SSSR count). The van der Waals surface area contributed by atoms with Crippen molar-refractivity contribution in [3.8, 4) is 0 Å². The number of hydrogen-bond donors (Lipinski definition) is 2. The fraction of sp³-hybridized carbons (Fsp3) is 0.333. The molecule has 0 aliphatic carbocycles. The van der Waals surface area contributed by atoms with Crippen LogP contribution in [-0.2, 0) is 4.79 Å². The Morgan fingerprint density at radius 3 is 2.56 bits per heavy atom. The first-order valence-electron chi connectivity index (χ1n) is 9.23. The van der Waals surface area contributed by atoms with Gasteiger partial charge in [0.25, 0.3) is 5.91 Å². The van der Waals surface area contributed by atoms with E-state index in [1.165, 1.54) is 30.7 Å². The molecule has 5 nitrogen and oxygen atoms in total. The monoisotopic (exact) mass is 369 g/mol. The van der Waals surface area contributed by atoms with Crippen molar-refractivity contribution in [2.45, 2.75) is 32.2 Å². The average molecular weight is 369 g/mol. The Balaban J connectivity index is 1.66. The molecule has 6 heteroatoms. The fourth-order valence-electron chi connectivity index (χ4n) is 3.29. The molecule has 1 atom stereocenters. The van der Waals surface area contributed by atoms with Crippen LogP contribution in [0.5, 0.6) is 0 Å². The first-order chi connectivity index (χ1) is 13.0. The van der Waals surface area contributed by atoms with E-state index in [4.69, 9.17) is 0 Å². The van der Waals surface area contributed by atoms with Gasteiger partial charge in [-0.05, 0) is 62.7 Å². The molecule has 1 heterocycles. The van der Waals surface area contributed by atoms with Gasteiger partial charge in [0.05, 0.1) is 17.8 Å². The number of carbonyl (C=O) groups is 2. The third-order valence-corrected chi connectivity index (χ3v) is 4.84. The summed E-state index contributed by atoms with van der Waals surface area (Å²) in [6, 6.07) is 12.8. The summed E-state index contributed by atoms with van der Waals surface area (Å²) in [6.45, 7) is 3.37. The number of hydrogen-bond acceptors (Lipinski definition) is 3. The SMILES string of the molecule is CC1CCCCN1CC(=O)Nc1ccccc1C(=O)Nc1ccc(F)cc1. The van der Waals surface area contributed by atoms with Crippen molar-refractivity contribution in [3.63, 3.8) is 0 Å². The summed E-state index contributed by atoms with van der Waals surface area (Å²) in [5.74, 6) is -0.859. The van der Waals surface area contributed by atoms with Crippen LogP contribution in [-0.4, -0.2) is 35.8 Å². The molecule has 0 saturated carbocycles. The van der Waals surface area contributed by atoms with Gasteiger partial charge in [0.2, 0.25) is 5.91 Å². The predicted molar refractivity (Wildman–Crippen MR) is 104 cm³/mol. The summed E-state index contributed by atoms with van der Waals surface area (Å²) in [6.07, 6.45) is 3.41. The molecular weight excluding hydrogens is 345 g/mol. The van der Waals surface area contributed by atoms with Gasteiger partial charge in [-0.25, -0.2) is 4.39 Å². The molecule has 2 aromatic carbocycles. The molecule has 1 aliphatic heterocycles. The zero-order chi connectivity index (χ0) is 19.2. The van der Waals surface area contributed by atoms with Crippen molar-refractivity contribution >= 4 is 23.2 Å². The second-order valence-electron chi connectivity index (χ2n) is 6.87. The smallest absolute Gasteiger partial charge is 0.257 e. The molecule has 2 N–H and O–H groups in total. The molecule has 1 unspecified atom stereocenters. The van der Waals surface area contributed by atoms with Gasteiger partial charge >= 0.3 is 0 Å². The van der Waals surface area contributed by atoms with Crippen LogP contribution >= 0.6 is 0 Å². The van der Waals surface area contributed by atoms with Crippen molar-refractivity contribution in [2.24, 2.45) is 0 Å². The summed E-state index contributed by atoms with van der Waals surface area (Å²) in [5.41, 5.74) is 1.32. The Kier molecular flexibility index (Phi) is 6.19. The van der Waals surface area contributed by atoms with Crippen LogP contribution in [0.15, 0.2) is 48.5 Å². The zero-order valence-corrected chi connectivity index (χ0v) is 15.4. The quantitative estimate of drug-likeness (QED) is 0.841. The van der Waals surface area contributed by atoms with E-state index < -0.39 is 0 Å². The van der Waals surface area contributed by atoms with Crippen LogP contribution in [0.3, 0.4) is 0 Å². The van der Waals surface area contributed by atoms with E-state index in [-0.39, 0.29) is 17.6 Å². The van der Waals surface area contributed by atoms with E-state index in [0.717, 1.165) is 19.4 Å². The lowest BCUT2D eigenvalue weighted by Gasteiger charge is -2.32. The molecule has 1 fully saturated rings. The number of benzene rings is 2. The maximum Gasteiger partial charge on any atom is 0.257 e. The van der Waals surface area contributed by atoms with Crippen LogP contribution in [0.25, 0.3) is 0 Å². The molecule has 1 saturated heterocycles. The topological polar surface area (TPSA) is 61.4 Å². The van der Waals surface area contributed by atoms with E-state index in [9.17, 15) is 14.0 Å². The molecule has 1 aliphatic rings. The van der Waals surface area contributed by atoms with Crippen molar-refractivity contribution in [2.75, 3.05) is 23.7 Å². The first kappa shape index (κ1) is 19.0. The van der Waals surface area contributed by atoms with E-state index >= 15 is 0 Å². The lowest BCUT2D eigenvalue weighted by atomic mass is 10.0. The Hall–Kier alpha value is -2.73. The number of halogens is 1. The number of anilines is 2. The summed E-state index contributed by atoms with van der Waals surface area (Å²) < 4.78 is 13.0. The van der Waals surface area contributed by atoms with E-state index in [1.54, 1.807) is 24.3 Å². The number of carbonyl (C=O) groups excluding carboxylic acids is 2. The lowest BCUT2D eigenvalue weighted by Crippen LogP contribution is -2.42. The molecule has 0 radical (unpaired) electrons. The van der Waals surface area contributed by atoms with Gasteiger partial charge < -0.3 is 10.6 Å². The van der Waals surface area contributed by atoms with Crippen LogP contribution < -0.4 is 10.6 Å². The molecule has 2 aromatic rings. The molecule has 0 spiro atoms. The van der Waals surface area contributed by atoms with Gasteiger partial charge in [0, 0.05) is 11.7 Å². The highest BCUT2D eigenvalue weighted by atomic mass is 19.1. The Morgan fingerprint density at radius 2 is 1.81 bits per heavy atom. The van der Waals surface area contributed by atoms with E-state index in [1.807, 2.05) is 0 Å². The summed E-state index contributed by atoms with van der Waals surface area (Å²) in [5, 5.41) is 5.57. The van der Waals surface area contributed by atoms with Gasteiger partial charge in [-0.15, -0.1) is 0 Å². The standard InChI is InChI=1S/C21H24FN3O2/c1-15-6-4-5-13-25(15)14-20(26)24-19-8-3-2-7-18(19)21(27)23-17-11-9-16(22)10-12-17/h2-3,7-12,15H,4-6,13-14H2,1H3,(H,23,27)(H,24,26). The number of likely N-dealkylation sites (tertiary alicyclic amines) is 1. The van der Waals surface area contributed by atoms with Gasteiger partial charge in [0.1, 0.15) is 5.82 Å². The summed E-state index contributed by atoms with van der Waals surface area (Å²) >= 11 is 0. The number of piperidine rings is 1. The van der Waals surface area contributed by atoms with Crippen LogP contribution in [0, 0.1) is 5.82 Å². The largest absolute Gasteiger partial charge is 0.324 e. The zero-order valence-electron chi connectivity index (χ0n) is 15.4. The highest BCUT2D eigenvalue weighted by Gasteiger charge is 2.21. The molecular formula is C21H24FN3O2. The minimum Gasteiger partial charge on any atom is -0.324 e. The lowest BCUT2D eigenvalue weighted by molar-refractivity contribution is -0.118. The maximum absolute atomic E-state index is 13.0. The first-order valence-corrected chi connectivity index (χ1v) is 9.23. The molecule has 27 heavy (non-hydrogen) atoms. The van der Waals surface area contributed by atoms with Crippen LogP contribution in [0.1, 0.15) is 36.5 Å². The predicted octanol–water partition coefficient (Wildman–Crippen LogP) is 3.89. The van der Waals surface area contributed by atoms with Gasteiger partial charge in [-0.3, -0.25) is 14.5 Å². The number of para-hydroxylation sites is 1. The number of nitrogens with one attached hydrogen (secondary N) is 2. The Morgan fingerprint density at radius 1 is 1.07 bits per heavy atom. The average Bonchev–Trinajstić information content (AvgIpc) is 2.66. The van der Waals surface area contributed by atoms with E-state index in [0.29, 0.717) is 29.5 Å². The highest BCUT2D eigenvalue weighted by Crippen LogP contribution is 2.19. The molecule has 2 amide bonds. The van der Waals surface area contributed by atoms with Crippen LogP contribution in [0.4, 0.5) is 15.8 Å². The summed E-state index contributed by atoms with van der Waals surface area (Å²) in [4.78, 5) is 27.2.